The number of likely N-dealkylation sites (N-methyl/N-ethyl adjacent to an activating group) is 1. The fourth-order valence-electron chi connectivity index (χ4n) is 1.28. The molecule has 0 atom stereocenters. The highest BCUT2D eigenvalue weighted by Crippen LogP contribution is 2.21. The van der Waals surface area contributed by atoms with Crippen LogP contribution >= 0.6 is 15.9 Å². The van der Waals surface area contributed by atoms with E-state index in [9.17, 15) is 9.18 Å². The standard InChI is InChI=1S/C10H12BrFN2O/c1-14(6-9(13)15)5-7-3-2-4-8(12)10(7)11/h2-4H,5-6H2,1H3,(H2,13,15). The number of primary amides is 1. The molecule has 1 aromatic rings. The Bertz CT molecular complexity index is 370. The fraction of sp³-hybridized carbons (Fsp3) is 0.300. The third-order valence-electron chi connectivity index (χ3n) is 1.90. The minimum Gasteiger partial charge on any atom is -0.369 e. The van der Waals surface area contributed by atoms with E-state index < -0.39 is 5.91 Å². The summed E-state index contributed by atoms with van der Waals surface area (Å²) in [5.74, 6) is -0.704. The summed E-state index contributed by atoms with van der Waals surface area (Å²) in [7, 11) is 1.75. The Kier molecular flexibility index (Phi) is 4.23. The van der Waals surface area contributed by atoms with Crippen molar-refractivity contribution < 1.29 is 9.18 Å². The Hall–Kier alpha value is -0.940. The maximum atomic E-state index is 13.1. The van der Waals surface area contributed by atoms with Crippen LogP contribution < -0.4 is 5.73 Å². The monoisotopic (exact) mass is 274 g/mol. The predicted octanol–water partition coefficient (Wildman–Crippen LogP) is 1.51. The lowest BCUT2D eigenvalue weighted by Gasteiger charge is -2.15. The lowest BCUT2D eigenvalue weighted by atomic mass is 10.2. The van der Waals surface area contributed by atoms with E-state index in [1.165, 1.54) is 6.07 Å². The van der Waals surface area contributed by atoms with Gasteiger partial charge < -0.3 is 5.73 Å². The molecule has 0 aliphatic rings. The Labute approximate surface area is 96.2 Å². The highest BCUT2D eigenvalue weighted by molar-refractivity contribution is 9.10. The van der Waals surface area contributed by atoms with E-state index >= 15 is 0 Å². The number of hydrogen-bond donors (Lipinski definition) is 1. The second-order valence-corrected chi connectivity index (χ2v) is 4.14. The summed E-state index contributed by atoms with van der Waals surface area (Å²) in [4.78, 5) is 12.4. The number of amides is 1. The average Bonchev–Trinajstić information content (AvgIpc) is 2.11. The molecule has 0 aromatic heterocycles. The molecule has 0 aliphatic heterocycles. The summed E-state index contributed by atoms with van der Waals surface area (Å²) < 4.78 is 13.6. The first kappa shape index (κ1) is 12.1. The predicted molar refractivity (Wildman–Crippen MR) is 59.6 cm³/mol. The molecule has 3 nitrogen and oxygen atoms in total. The van der Waals surface area contributed by atoms with E-state index in [4.69, 9.17) is 5.73 Å². The average molecular weight is 275 g/mol. The SMILES string of the molecule is CN(CC(N)=O)Cc1cccc(F)c1Br. The van der Waals surface area contributed by atoms with Crippen molar-refractivity contribution in [2.24, 2.45) is 5.73 Å². The van der Waals surface area contributed by atoms with Crippen molar-refractivity contribution in [3.8, 4) is 0 Å². The first-order valence-corrected chi connectivity index (χ1v) is 5.19. The van der Waals surface area contributed by atoms with Gasteiger partial charge in [-0.3, -0.25) is 9.69 Å². The van der Waals surface area contributed by atoms with Gasteiger partial charge in [-0.25, -0.2) is 4.39 Å². The minimum absolute atomic E-state index is 0.156. The zero-order valence-corrected chi connectivity index (χ0v) is 9.92. The number of carbonyl (C=O) groups is 1. The number of hydrogen-bond acceptors (Lipinski definition) is 2. The zero-order valence-electron chi connectivity index (χ0n) is 8.34. The van der Waals surface area contributed by atoms with Crippen LogP contribution in [0, 0.1) is 5.82 Å². The molecule has 0 heterocycles. The molecule has 15 heavy (non-hydrogen) atoms. The van der Waals surface area contributed by atoms with Gasteiger partial charge >= 0.3 is 0 Å². The summed E-state index contributed by atoms with van der Waals surface area (Å²) in [5.41, 5.74) is 5.84. The second kappa shape index (κ2) is 5.23. The lowest BCUT2D eigenvalue weighted by Crippen LogP contribution is -2.30. The highest BCUT2D eigenvalue weighted by Gasteiger charge is 2.08. The summed E-state index contributed by atoms with van der Waals surface area (Å²) >= 11 is 3.16. The van der Waals surface area contributed by atoms with E-state index in [0.717, 1.165) is 5.56 Å². The molecule has 5 heteroatoms. The van der Waals surface area contributed by atoms with Crippen molar-refractivity contribution in [1.82, 2.24) is 4.90 Å². The number of nitrogens with two attached hydrogens (primary N) is 1. The van der Waals surface area contributed by atoms with Gasteiger partial charge in [0.1, 0.15) is 5.82 Å². The number of benzene rings is 1. The molecule has 82 valence electrons. The number of carbonyl (C=O) groups excluding carboxylic acids is 1. The molecule has 1 amide bonds. The molecule has 0 saturated carbocycles. The number of halogens is 2. The molecule has 0 fully saturated rings. The van der Waals surface area contributed by atoms with Gasteiger partial charge in [0.15, 0.2) is 0 Å². The normalized spacial score (nSPS) is 10.7. The van der Waals surface area contributed by atoms with Crippen LogP contribution in [-0.4, -0.2) is 24.4 Å². The van der Waals surface area contributed by atoms with E-state index in [1.807, 2.05) is 0 Å². The quantitative estimate of drug-likeness (QED) is 0.905. The summed E-state index contributed by atoms with van der Waals surface area (Å²) in [6.07, 6.45) is 0. The van der Waals surface area contributed by atoms with Crippen LogP contribution in [0.4, 0.5) is 4.39 Å². The first-order chi connectivity index (χ1) is 7.00. The fourth-order valence-corrected chi connectivity index (χ4v) is 1.67. The van der Waals surface area contributed by atoms with Crippen molar-refractivity contribution in [2.45, 2.75) is 6.54 Å². The second-order valence-electron chi connectivity index (χ2n) is 3.35. The highest BCUT2D eigenvalue weighted by atomic mass is 79.9. The molecule has 1 rings (SSSR count). The van der Waals surface area contributed by atoms with E-state index in [2.05, 4.69) is 15.9 Å². The molecule has 0 bridgehead atoms. The third-order valence-corrected chi connectivity index (χ3v) is 2.79. The van der Waals surface area contributed by atoms with Gasteiger partial charge in [0, 0.05) is 6.54 Å². The Balaban J connectivity index is 2.72. The van der Waals surface area contributed by atoms with Crippen LogP contribution in [0.25, 0.3) is 0 Å². The zero-order chi connectivity index (χ0) is 11.4. The molecule has 0 spiro atoms. The Morgan fingerprint density at radius 2 is 2.27 bits per heavy atom. The topological polar surface area (TPSA) is 46.3 Å². The molecule has 0 aliphatic carbocycles. The van der Waals surface area contributed by atoms with Crippen LogP contribution in [0.15, 0.2) is 22.7 Å². The van der Waals surface area contributed by atoms with E-state index in [1.54, 1.807) is 24.1 Å². The van der Waals surface area contributed by atoms with Gasteiger partial charge in [0.2, 0.25) is 5.91 Å². The van der Waals surface area contributed by atoms with Crippen LogP contribution in [-0.2, 0) is 11.3 Å². The van der Waals surface area contributed by atoms with Crippen molar-refractivity contribution in [1.29, 1.82) is 0 Å². The van der Waals surface area contributed by atoms with Crippen LogP contribution in [0.2, 0.25) is 0 Å². The van der Waals surface area contributed by atoms with Crippen LogP contribution in [0.3, 0.4) is 0 Å². The van der Waals surface area contributed by atoms with Crippen molar-refractivity contribution in [3.05, 3.63) is 34.1 Å². The van der Waals surface area contributed by atoms with Crippen molar-refractivity contribution >= 4 is 21.8 Å². The van der Waals surface area contributed by atoms with Crippen molar-refractivity contribution in [3.63, 3.8) is 0 Å². The molecule has 0 radical (unpaired) electrons. The van der Waals surface area contributed by atoms with Crippen molar-refractivity contribution in [2.75, 3.05) is 13.6 Å². The summed E-state index contributed by atoms with van der Waals surface area (Å²) in [6.45, 7) is 0.629. The number of rotatable bonds is 4. The van der Waals surface area contributed by atoms with Crippen LogP contribution in [0.5, 0.6) is 0 Å². The maximum absolute atomic E-state index is 13.1. The van der Waals surface area contributed by atoms with Gasteiger partial charge in [0.25, 0.3) is 0 Å². The van der Waals surface area contributed by atoms with Gasteiger partial charge in [-0.2, -0.15) is 0 Å². The molecular weight excluding hydrogens is 263 g/mol. The largest absolute Gasteiger partial charge is 0.369 e. The number of nitrogens with zero attached hydrogens (tertiary/aromatic N) is 1. The van der Waals surface area contributed by atoms with Gasteiger partial charge in [-0.05, 0) is 34.6 Å². The minimum atomic E-state index is -0.398. The first-order valence-electron chi connectivity index (χ1n) is 4.40. The van der Waals surface area contributed by atoms with E-state index in [0.29, 0.717) is 11.0 Å². The summed E-state index contributed by atoms with van der Waals surface area (Å²) in [6, 6.07) is 4.81. The van der Waals surface area contributed by atoms with Gasteiger partial charge in [-0.1, -0.05) is 12.1 Å². The molecular formula is C10H12BrFN2O. The molecule has 0 unspecified atom stereocenters. The Morgan fingerprint density at radius 3 is 2.87 bits per heavy atom. The summed E-state index contributed by atoms with van der Waals surface area (Å²) in [5, 5.41) is 0. The molecule has 2 N–H and O–H groups in total. The van der Waals surface area contributed by atoms with Gasteiger partial charge in [0.05, 0.1) is 11.0 Å². The van der Waals surface area contributed by atoms with Gasteiger partial charge in [-0.15, -0.1) is 0 Å². The lowest BCUT2D eigenvalue weighted by molar-refractivity contribution is -0.118. The smallest absolute Gasteiger partial charge is 0.231 e. The Morgan fingerprint density at radius 1 is 1.60 bits per heavy atom. The maximum Gasteiger partial charge on any atom is 0.231 e. The molecule has 0 saturated heterocycles. The van der Waals surface area contributed by atoms with Crippen LogP contribution in [0.1, 0.15) is 5.56 Å². The van der Waals surface area contributed by atoms with E-state index in [-0.39, 0.29) is 12.4 Å². The molecule has 1 aromatic carbocycles. The third kappa shape index (κ3) is 3.60.